The zero-order valence-electron chi connectivity index (χ0n) is 24.1. The number of benzene rings is 3. The number of nitrogens with zero attached hydrogens (tertiary/aromatic N) is 3. The molecule has 0 bridgehead atoms. The highest BCUT2D eigenvalue weighted by Crippen LogP contribution is 2.46. The third-order valence-corrected chi connectivity index (χ3v) is 8.82. The van der Waals surface area contributed by atoms with Crippen LogP contribution in [0.5, 0.6) is 17.2 Å². The first-order valence-corrected chi connectivity index (χ1v) is 14.8. The molecular weight excluding hydrogens is 590 g/mol. The number of anilines is 2. The maximum Gasteiger partial charge on any atom is 0.416 e. The molecule has 0 saturated carbocycles. The third kappa shape index (κ3) is 4.86. The summed E-state index contributed by atoms with van der Waals surface area (Å²) in [5.41, 5.74) is 1.63. The number of halogens is 1. The van der Waals surface area contributed by atoms with E-state index in [4.69, 9.17) is 25.8 Å². The molecule has 0 spiro atoms. The zero-order chi connectivity index (χ0) is 31.1. The molecule has 2 N–H and O–H groups in total. The van der Waals surface area contributed by atoms with Gasteiger partial charge < -0.3 is 34.2 Å². The minimum Gasteiger partial charge on any atom is -0.507 e. The predicted octanol–water partition coefficient (Wildman–Crippen LogP) is 4.37. The van der Waals surface area contributed by atoms with E-state index in [1.165, 1.54) is 30.2 Å². The van der Waals surface area contributed by atoms with Gasteiger partial charge in [0.25, 0.3) is 11.8 Å². The van der Waals surface area contributed by atoms with Crippen molar-refractivity contribution in [1.29, 1.82) is 0 Å². The number of aliphatic hydroxyl groups is 1. The van der Waals surface area contributed by atoms with Gasteiger partial charge in [0, 0.05) is 42.4 Å². The topological polar surface area (TPSA) is 129 Å². The van der Waals surface area contributed by atoms with Gasteiger partial charge in [0.1, 0.15) is 12.4 Å². The van der Waals surface area contributed by atoms with E-state index in [9.17, 15) is 24.6 Å². The van der Waals surface area contributed by atoms with Crippen LogP contribution in [-0.2, 0) is 9.53 Å². The van der Waals surface area contributed by atoms with Gasteiger partial charge in [-0.3, -0.25) is 9.59 Å². The normalized spacial score (nSPS) is 20.6. The number of aliphatic hydroxyl groups excluding tert-OH is 1. The highest BCUT2D eigenvalue weighted by molar-refractivity contribution is 6.19. The average molecular weight is 622 g/mol. The Morgan fingerprint density at radius 2 is 1.91 bits per heavy atom. The summed E-state index contributed by atoms with van der Waals surface area (Å²) in [6.07, 6.45) is 0.348. The lowest BCUT2D eigenvalue weighted by Gasteiger charge is -2.31. The lowest BCUT2D eigenvalue weighted by molar-refractivity contribution is -0.120. The molecule has 1 saturated heterocycles. The van der Waals surface area contributed by atoms with Gasteiger partial charge in [0.2, 0.25) is 0 Å². The van der Waals surface area contributed by atoms with Gasteiger partial charge in [-0.25, -0.2) is 9.69 Å². The van der Waals surface area contributed by atoms with Crippen LogP contribution >= 0.6 is 11.6 Å². The Hall–Kier alpha value is -4.48. The number of fused-ring (bicyclic) bond motifs is 5. The van der Waals surface area contributed by atoms with E-state index in [1.807, 2.05) is 24.3 Å². The minimum absolute atomic E-state index is 0.0490. The van der Waals surface area contributed by atoms with Crippen LogP contribution in [0.1, 0.15) is 34.7 Å². The number of phenols is 1. The molecule has 0 radical (unpaired) electrons. The Morgan fingerprint density at radius 1 is 1.14 bits per heavy atom. The summed E-state index contributed by atoms with van der Waals surface area (Å²) < 4.78 is 16.8. The fraction of sp³-hybridized carbons (Fsp3) is 0.344. The van der Waals surface area contributed by atoms with E-state index in [-0.39, 0.29) is 52.8 Å². The minimum atomic E-state index is -1.38. The van der Waals surface area contributed by atoms with Gasteiger partial charge in [-0.05, 0) is 29.9 Å². The molecule has 3 atom stereocenters. The molecule has 0 aliphatic carbocycles. The number of aromatic hydroxyl groups is 1. The largest absolute Gasteiger partial charge is 0.507 e. The molecule has 1 fully saturated rings. The Balaban J connectivity index is 1.33. The van der Waals surface area contributed by atoms with Crippen molar-refractivity contribution in [3.8, 4) is 17.2 Å². The number of carbonyl (C=O) groups excluding carboxylic acids is 3. The number of methoxy groups -OCH3 is 1. The molecule has 6 rings (SSSR count). The quantitative estimate of drug-likeness (QED) is 0.294. The summed E-state index contributed by atoms with van der Waals surface area (Å²) in [4.78, 5) is 44.5. The molecule has 3 amide bonds. The number of ether oxygens (including phenoxy) is 3. The van der Waals surface area contributed by atoms with E-state index in [2.05, 4.69) is 6.58 Å². The highest BCUT2D eigenvalue weighted by atomic mass is 35.5. The van der Waals surface area contributed by atoms with E-state index < -0.39 is 30.9 Å². The molecule has 3 aromatic carbocycles. The highest BCUT2D eigenvalue weighted by Gasteiger charge is 2.45. The Kier molecular flexibility index (Phi) is 8.00. The fourth-order valence-corrected chi connectivity index (χ4v) is 6.68. The summed E-state index contributed by atoms with van der Waals surface area (Å²) in [5, 5.41) is 23.5. The first-order valence-electron chi connectivity index (χ1n) is 14.3. The number of hydrogen-bond acceptors (Lipinski definition) is 8. The Labute approximate surface area is 258 Å². The first-order chi connectivity index (χ1) is 21.3. The van der Waals surface area contributed by atoms with Crippen molar-refractivity contribution in [1.82, 2.24) is 4.90 Å². The molecule has 230 valence electrons. The molecule has 0 aromatic heterocycles. The van der Waals surface area contributed by atoms with Gasteiger partial charge in [-0.2, -0.15) is 0 Å². The number of alkyl halides is 1. The summed E-state index contributed by atoms with van der Waals surface area (Å²) in [6, 6.07) is 11.2. The van der Waals surface area contributed by atoms with Crippen molar-refractivity contribution in [2.24, 2.45) is 0 Å². The summed E-state index contributed by atoms with van der Waals surface area (Å²) in [6.45, 7) is 3.77. The van der Waals surface area contributed by atoms with Crippen LogP contribution in [0.3, 0.4) is 0 Å². The van der Waals surface area contributed by atoms with Crippen LogP contribution in [0.4, 0.5) is 16.2 Å². The second kappa shape index (κ2) is 11.9. The van der Waals surface area contributed by atoms with Gasteiger partial charge >= 0.3 is 6.09 Å². The standard InChI is InChI=1S/C32H32ClN3O8/c1-3-11-43-32(41)36-23-14-27(26(42-2)12-21(23)30(39)34-10-6-9-22(34)31(36)40)44-17-28(38)35-16-18(15-33)29-20-8-5-4-7-19(20)25(37)13-24(29)35/h3-5,7-8,12-14,18,22,31,37,40H,1,6,9-11,15-17H2,2H3/t18-,22+,31?/m1/s1. The van der Waals surface area contributed by atoms with Gasteiger partial charge in [-0.1, -0.05) is 36.9 Å². The van der Waals surface area contributed by atoms with E-state index in [0.29, 0.717) is 37.0 Å². The summed E-state index contributed by atoms with van der Waals surface area (Å²) in [7, 11) is 1.40. The number of hydrogen-bond donors (Lipinski definition) is 2. The third-order valence-electron chi connectivity index (χ3n) is 8.45. The number of rotatable bonds is 7. The van der Waals surface area contributed by atoms with Crippen molar-refractivity contribution in [3.05, 3.63) is 66.2 Å². The van der Waals surface area contributed by atoms with Crippen molar-refractivity contribution in [2.45, 2.75) is 31.0 Å². The molecule has 1 unspecified atom stereocenters. The van der Waals surface area contributed by atoms with Gasteiger partial charge in [0.05, 0.1) is 30.1 Å². The molecule has 3 aliphatic rings. The van der Waals surface area contributed by atoms with E-state index >= 15 is 0 Å². The molecule has 3 aliphatic heterocycles. The maximum absolute atomic E-state index is 13.6. The second-order valence-electron chi connectivity index (χ2n) is 10.9. The summed E-state index contributed by atoms with van der Waals surface area (Å²) >= 11 is 6.32. The molecule has 3 heterocycles. The van der Waals surface area contributed by atoms with Crippen molar-refractivity contribution in [2.75, 3.05) is 49.1 Å². The van der Waals surface area contributed by atoms with Crippen molar-refractivity contribution < 1.29 is 38.8 Å². The molecule has 44 heavy (non-hydrogen) atoms. The molecule has 11 nitrogen and oxygen atoms in total. The second-order valence-corrected chi connectivity index (χ2v) is 11.2. The van der Waals surface area contributed by atoms with Crippen LogP contribution in [-0.4, -0.2) is 84.6 Å². The molecule has 3 aromatic rings. The lowest BCUT2D eigenvalue weighted by atomic mass is 9.95. The van der Waals surface area contributed by atoms with E-state index in [1.54, 1.807) is 11.0 Å². The van der Waals surface area contributed by atoms with Crippen LogP contribution < -0.4 is 19.3 Å². The van der Waals surface area contributed by atoms with Gasteiger partial charge in [-0.15, -0.1) is 11.6 Å². The predicted molar refractivity (Wildman–Crippen MR) is 164 cm³/mol. The van der Waals surface area contributed by atoms with E-state index in [0.717, 1.165) is 15.8 Å². The lowest BCUT2D eigenvalue weighted by Crippen LogP contribution is -2.50. The average Bonchev–Trinajstić information content (AvgIpc) is 3.66. The number of amides is 3. The van der Waals surface area contributed by atoms with Crippen molar-refractivity contribution in [3.63, 3.8) is 0 Å². The number of carbonyl (C=O) groups is 3. The van der Waals surface area contributed by atoms with Crippen LogP contribution in [0.15, 0.2) is 55.1 Å². The molecular formula is C32H32ClN3O8. The van der Waals surface area contributed by atoms with Crippen LogP contribution in [0, 0.1) is 0 Å². The molecule has 12 heteroatoms. The van der Waals surface area contributed by atoms with Crippen molar-refractivity contribution >= 4 is 51.7 Å². The maximum atomic E-state index is 13.6. The smallest absolute Gasteiger partial charge is 0.416 e. The SMILES string of the molecule is C=CCOC(=O)N1c2cc(OCC(=O)N3C[C@@H](CCl)c4c3cc(O)c3ccccc43)c(OC)cc2C(=O)N2CCC[C@H]2C1O. The van der Waals surface area contributed by atoms with Gasteiger partial charge in [0.15, 0.2) is 24.3 Å². The van der Waals surface area contributed by atoms with Crippen LogP contribution in [0.25, 0.3) is 10.8 Å². The fourth-order valence-electron chi connectivity index (χ4n) is 6.43. The number of phenolic OH excluding ortho intramolecular Hbond substituents is 1. The Morgan fingerprint density at radius 3 is 2.64 bits per heavy atom. The first kappa shape index (κ1) is 29.6. The van der Waals surface area contributed by atoms with Crippen LogP contribution in [0.2, 0.25) is 0 Å². The summed E-state index contributed by atoms with van der Waals surface area (Å²) in [5.74, 6) is -0.345. The zero-order valence-corrected chi connectivity index (χ0v) is 24.8. The Bertz CT molecular complexity index is 1660. The monoisotopic (exact) mass is 621 g/mol.